The Balaban J connectivity index is 1.74. The smallest absolute Gasteiger partial charge is 0.385 e. The summed E-state index contributed by atoms with van der Waals surface area (Å²) in [7, 11) is 0. The molecule has 3 aromatic rings. The molecule has 9 nitrogen and oxygen atoms in total. The zero-order valence-electron chi connectivity index (χ0n) is 13.6. The fraction of sp³-hybridized carbons (Fsp3) is 0.133. The number of carbonyl (C=O) groups excluding carboxylic acids is 1. The molecule has 1 heterocycles. The fourth-order valence-electron chi connectivity index (χ4n) is 2.26. The molecule has 0 unspecified atom stereocenters. The number of aromatic nitrogens is 3. The number of non-ortho nitro benzene ring substituents is 1. The minimum absolute atomic E-state index is 0.115. The zero-order chi connectivity index (χ0) is 20.5. The number of amides is 1. The molecule has 0 aliphatic carbocycles. The van der Waals surface area contributed by atoms with Crippen LogP contribution in [0.5, 0.6) is 0 Å². The summed E-state index contributed by atoms with van der Waals surface area (Å²) in [6.07, 6.45) is -4.73. The van der Waals surface area contributed by atoms with Crippen LogP contribution in [0.25, 0.3) is 11.0 Å². The van der Waals surface area contributed by atoms with Crippen LogP contribution in [0.1, 0.15) is 5.56 Å². The first-order valence-electron chi connectivity index (χ1n) is 7.45. The van der Waals surface area contributed by atoms with E-state index in [0.29, 0.717) is 6.07 Å². The third kappa shape index (κ3) is 4.11. The molecule has 0 spiro atoms. The van der Waals surface area contributed by atoms with Gasteiger partial charge in [-0.2, -0.15) is 13.2 Å². The van der Waals surface area contributed by atoms with E-state index in [1.807, 2.05) is 0 Å². The first-order chi connectivity index (χ1) is 13.1. The van der Waals surface area contributed by atoms with Crippen LogP contribution >= 0.6 is 11.6 Å². The molecule has 0 saturated heterocycles. The van der Waals surface area contributed by atoms with Crippen LogP contribution in [0.15, 0.2) is 36.4 Å². The number of nitro groups is 1. The molecular weight excluding hydrogens is 407 g/mol. The molecule has 146 valence electrons. The third-order valence-electron chi connectivity index (χ3n) is 3.49. The van der Waals surface area contributed by atoms with Crippen LogP contribution in [0, 0.1) is 10.1 Å². The van der Waals surface area contributed by atoms with Crippen LogP contribution < -0.4 is 10.2 Å². The molecule has 1 N–H and O–H groups in total. The van der Waals surface area contributed by atoms with Crippen LogP contribution in [0.2, 0.25) is 5.02 Å². The Bertz CT molecular complexity index is 1070. The number of nitrogens with one attached hydrogen (secondary N) is 1. The Morgan fingerprint density at radius 2 is 2.04 bits per heavy atom. The lowest BCUT2D eigenvalue weighted by atomic mass is 10.1. The summed E-state index contributed by atoms with van der Waals surface area (Å²) in [5.74, 6) is -0.915. The number of rotatable bonds is 5. The predicted octanol–water partition coefficient (Wildman–Crippen LogP) is 3.08. The van der Waals surface area contributed by atoms with E-state index in [1.165, 1.54) is 18.2 Å². The van der Waals surface area contributed by atoms with Gasteiger partial charge in [-0.3, -0.25) is 14.9 Å². The molecule has 28 heavy (non-hydrogen) atoms. The van der Waals surface area contributed by atoms with Gasteiger partial charge in [0.2, 0.25) is 0 Å². The van der Waals surface area contributed by atoms with Gasteiger partial charge in [0.05, 0.1) is 16.2 Å². The van der Waals surface area contributed by atoms with Crippen molar-refractivity contribution in [3.05, 3.63) is 57.1 Å². The van der Waals surface area contributed by atoms with E-state index in [2.05, 4.69) is 15.6 Å². The number of hydrogen-bond donors (Lipinski definition) is 1. The topological polar surface area (TPSA) is 112 Å². The molecular formula is C15H9ClF3N5O4. The van der Waals surface area contributed by atoms with Gasteiger partial charge in [-0.15, -0.1) is 5.10 Å². The van der Waals surface area contributed by atoms with Crippen molar-refractivity contribution in [1.29, 1.82) is 0 Å². The van der Waals surface area contributed by atoms with E-state index in [4.69, 9.17) is 16.4 Å². The molecule has 0 fully saturated rings. The SMILES string of the molecule is O=C(COn1nnc2ccc([N+](=O)[O-])cc21)Nc1ccc(Cl)cc1C(F)(F)F. The molecule has 3 rings (SSSR count). The van der Waals surface area contributed by atoms with Crippen molar-refractivity contribution in [2.45, 2.75) is 6.18 Å². The lowest BCUT2D eigenvalue weighted by molar-refractivity contribution is -0.384. The van der Waals surface area contributed by atoms with Gasteiger partial charge in [0.1, 0.15) is 11.0 Å². The maximum atomic E-state index is 13.0. The summed E-state index contributed by atoms with van der Waals surface area (Å²) in [4.78, 5) is 28.0. The van der Waals surface area contributed by atoms with Gasteiger partial charge in [0.15, 0.2) is 6.61 Å². The molecule has 0 radical (unpaired) electrons. The quantitative estimate of drug-likeness (QED) is 0.506. The maximum absolute atomic E-state index is 13.0. The molecule has 0 bridgehead atoms. The number of hydrogen-bond acceptors (Lipinski definition) is 6. The van der Waals surface area contributed by atoms with Crippen LogP contribution in [0.3, 0.4) is 0 Å². The second-order valence-corrected chi connectivity index (χ2v) is 5.84. The number of anilines is 1. The summed E-state index contributed by atoms with van der Waals surface area (Å²) in [6.45, 7) is -0.721. The highest BCUT2D eigenvalue weighted by Crippen LogP contribution is 2.36. The standard InChI is InChI=1S/C15H9ClF3N5O4/c16-8-1-3-11(10(5-8)15(17,18)19)20-14(25)7-28-23-13-6-9(24(26)27)2-4-12(13)21-22-23/h1-6H,7H2,(H,20,25). The highest BCUT2D eigenvalue weighted by atomic mass is 35.5. The summed E-state index contributed by atoms with van der Waals surface area (Å²) >= 11 is 5.57. The molecule has 0 aliphatic heterocycles. The zero-order valence-corrected chi connectivity index (χ0v) is 14.4. The highest BCUT2D eigenvalue weighted by molar-refractivity contribution is 6.30. The number of halogens is 4. The largest absolute Gasteiger partial charge is 0.418 e. The number of alkyl halides is 3. The van der Waals surface area contributed by atoms with Gasteiger partial charge in [0, 0.05) is 17.2 Å². The fourth-order valence-corrected chi connectivity index (χ4v) is 2.43. The molecule has 0 atom stereocenters. The van der Waals surface area contributed by atoms with Crippen molar-refractivity contribution in [2.24, 2.45) is 0 Å². The molecule has 0 saturated carbocycles. The first kappa shape index (κ1) is 19.4. The first-order valence-corrected chi connectivity index (χ1v) is 7.82. The Morgan fingerprint density at radius 3 is 2.71 bits per heavy atom. The average Bonchev–Trinajstić information content (AvgIpc) is 3.03. The minimum Gasteiger partial charge on any atom is -0.385 e. The Hall–Kier alpha value is -3.41. The van der Waals surface area contributed by atoms with Gasteiger partial charge in [-0.1, -0.05) is 16.4 Å². The van der Waals surface area contributed by atoms with E-state index in [-0.39, 0.29) is 21.7 Å². The monoisotopic (exact) mass is 415 g/mol. The predicted molar refractivity (Wildman–Crippen MR) is 90.7 cm³/mol. The summed E-state index contributed by atoms with van der Waals surface area (Å²) in [5, 5.41) is 20.1. The van der Waals surface area contributed by atoms with Gasteiger partial charge in [0.25, 0.3) is 11.6 Å². The van der Waals surface area contributed by atoms with Crippen molar-refractivity contribution >= 4 is 39.9 Å². The van der Waals surface area contributed by atoms with Crippen molar-refractivity contribution in [1.82, 2.24) is 15.2 Å². The lowest BCUT2D eigenvalue weighted by Gasteiger charge is -2.14. The van der Waals surface area contributed by atoms with Gasteiger partial charge < -0.3 is 10.2 Å². The average molecular weight is 416 g/mol. The number of nitro benzene ring substituents is 1. The van der Waals surface area contributed by atoms with E-state index in [9.17, 15) is 28.1 Å². The molecule has 1 amide bonds. The lowest BCUT2D eigenvalue weighted by Crippen LogP contribution is -2.27. The van der Waals surface area contributed by atoms with Gasteiger partial charge in [-0.05, 0) is 29.5 Å². The highest BCUT2D eigenvalue weighted by Gasteiger charge is 2.34. The minimum atomic E-state index is -4.73. The maximum Gasteiger partial charge on any atom is 0.418 e. The van der Waals surface area contributed by atoms with E-state index >= 15 is 0 Å². The molecule has 13 heteroatoms. The van der Waals surface area contributed by atoms with Gasteiger partial charge >= 0.3 is 6.18 Å². The number of nitrogens with zero attached hydrogens (tertiary/aromatic N) is 4. The molecule has 0 aliphatic rings. The summed E-state index contributed by atoms with van der Waals surface area (Å²) in [6, 6.07) is 6.57. The number of benzene rings is 2. The second-order valence-electron chi connectivity index (χ2n) is 5.40. The molecule has 1 aromatic heterocycles. The van der Waals surface area contributed by atoms with E-state index in [1.54, 1.807) is 0 Å². The van der Waals surface area contributed by atoms with Crippen molar-refractivity contribution < 1.29 is 27.7 Å². The van der Waals surface area contributed by atoms with Gasteiger partial charge in [-0.25, -0.2) is 0 Å². The van der Waals surface area contributed by atoms with E-state index in [0.717, 1.165) is 17.0 Å². The number of carbonyl (C=O) groups is 1. The number of fused-ring (bicyclic) bond motifs is 1. The van der Waals surface area contributed by atoms with Crippen LogP contribution in [-0.4, -0.2) is 32.6 Å². The Morgan fingerprint density at radius 1 is 1.29 bits per heavy atom. The van der Waals surface area contributed by atoms with Crippen molar-refractivity contribution in [2.75, 3.05) is 11.9 Å². The van der Waals surface area contributed by atoms with Crippen molar-refractivity contribution in [3.8, 4) is 0 Å². The normalized spacial score (nSPS) is 11.4. The van der Waals surface area contributed by atoms with E-state index < -0.39 is 34.9 Å². The van der Waals surface area contributed by atoms with Crippen molar-refractivity contribution in [3.63, 3.8) is 0 Å². The van der Waals surface area contributed by atoms with Crippen LogP contribution in [0.4, 0.5) is 24.5 Å². The Labute approximate surface area is 158 Å². The second kappa shape index (κ2) is 7.31. The third-order valence-corrected chi connectivity index (χ3v) is 3.72. The summed E-state index contributed by atoms with van der Waals surface area (Å²) in [5.41, 5.74) is -1.48. The van der Waals surface area contributed by atoms with Crippen LogP contribution in [-0.2, 0) is 11.0 Å². The molecule has 2 aromatic carbocycles. The Kier molecular flexibility index (Phi) is 5.05. The summed E-state index contributed by atoms with van der Waals surface area (Å²) < 4.78 is 39.1.